The lowest BCUT2D eigenvalue weighted by atomic mass is 10.3. The maximum atomic E-state index is 11.1. The van der Waals surface area contributed by atoms with Crippen LogP contribution in [-0.2, 0) is 14.3 Å². The number of rotatable bonds is 1. The van der Waals surface area contributed by atoms with E-state index in [1.165, 1.54) is 0 Å². The molecule has 0 atom stereocenters. The number of carbonyl (C=O) groups is 2. The fourth-order valence-electron chi connectivity index (χ4n) is 0.829. The molecule has 0 spiro atoms. The third-order valence-corrected chi connectivity index (χ3v) is 2.18. The number of benzene rings is 1. The highest BCUT2D eigenvalue weighted by molar-refractivity contribution is 9.10. The van der Waals surface area contributed by atoms with Gasteiger partial charge in [-0.05, 0) is 28.1 Å². The van der Waals surface area contributed by atoms with Crippen molar-refractivity contribution >= 4 is 33.5 Å². The summed E-state index contributed by atoms with van der Waals surface area (Å²) in [5.41, 5.74) is 0.530. The first kappa shape index (κ1) is 10.7. The van der Waals surface area contributed by atoms with Crippen LogP contribution in [0, 0.1) is 0 Å². The Balaban J connectivity index is 2.75. The number of nitrogens with one attached hydrogen (secondary N) is 1. The Kier molecular flexibility index (Phi) is 3.64. The van der Waals surface area contributed by atoms with Crippen LogP contribution in [-0.4, -0.2) is 19.0 Å². The van der Waals surface area contributed by atoms with E-state index < -0.39 is 11.9 Å². The summed E-state index contributed by atoms with van der Waals surface area (Å²) in [5, 5.41) is 2.40. The summed E-state index contributed by atoms with van der Waals surface area (Å²) in [4.78, 5) is 21.9. The topological polar surface area (TPSA) is 55.4 Å². The Labute approximate surface area is 89.4 Å². The van der Waals surface area contributed by atoms with E-state index in [4.69, 9.17) is 0 Å². The molecular formula is C9H8BrNO3. The van der Waals surface area contributed by atoms with Crippen LogP contribution < -0.4 is 5.32 Å². The van der Waals surface area contributed by atoms with Gasteiger partial charge < -0.3 is 10.1 Å². The molecule has 0 saturated carbocycles. The van der Waals surface area contributed by atoms with Gasteiger partial charge in [-0.15, -0.1) is 0 Å². The normalized spacial score (nSPS) is 9.29. The van der Waals surface area contributed by atoms with Crippen LogP contribution in [0.3, 0.4) is 0 Å². The number of methoxy groups -OCH3 is 1. The molecule has 0 aliphatic carbocycles. The van der Waals surface area contributed by atoms with Crippen LogP contribution in [0.1, 0.15) is 0 Å². The van der Waals surface area contributed by atoms with Gasteiger partial charge in [0.1, 0.15) is 0 Å². The van der Waals surface area contributed by atoms with E-state index in [2.05, 4.69) is 26.0 Å². The molecule has 1 aromatic rings. The lowest BCUT2D eigenvalue weighted by molar-refractivity contribution is -0.150. The van der Waals surface area contributed by atoms with E-state index in [1.54, 1.807) is 24.3 Å². The van der Waals surface area contributed by atoms with E-state index in [0.29, 0.717) is 10.2 Å². The van der Waals surface area contributed by atoms with E-state index >= 15 is 0 Å². The number of hydrogen-bond donors (Lipinski definition) is 1. The van der Waals surface area contributed by atoms with E-state index in [0.717, 1.165) is 7.11 Å². The number of ether oxygens (including phenoxy) is 1. The van der Waals surface area contributed by atoms with E-state index in [1.807, 2.05) is 0 Å². The fraction of sp³-hybridized carbons (Fsp3) is 0.111. The minimum atomic E-state index is -0.916. The molecule has 1 rings (SSSR count). The van der Waals surface area contributed by atoms with Crippen molar-refractivity contribution in [3.63, 3.8) is 0 Å². The maximum absolute atomic E-state index is 11.1. The smallest absolute Gasteiger partial charge is 0.396 e. The summed E-state index contributed by atoms with van der Waals surface area (Å²) >= 11 is 3.23. The highest BCUT2D eigenvalue weighted by atomic mass is 79.9. The van der Waals surface area contributed by atoms with Crippen LogP contribution in [0.2, 0.25) is 0 Å². The quantitative estimate of drug-likeness (QED) is 0.614. The molecule has 1 N–H and O–H groups in total. The predicted octanol–water partition coefficient (Wildman–Crippen LogP) is 1.56. The zero-order valence-corrected chi connectivity index (χ0v) is 9.00. The third kappa shape index (κ3) is 2.56. The standard InChI is InChI=1S/C9H8BrNO3/c1-14-9(13)8(12)11-7-5-3-2-4-6(7)10/h2-5H,1H3,(H,11,12). The number of amides is 1. The lowest BCUT2D eigenvalue weighted by Crippen LogP contribution is -2.23. The van der Waals surface area contributed by atoms with Gasteiger partial charge in [0.15, 0.2) is 0 Å². The Morgan fingerprint density at radius 1 is 1.36 bits per heavy atom. The average Bonchev–Trinajstić information content (AvgIpc) is 2.20. The highest BCUT2D eigenvalue weighted by Crippen LogP contribution is 2.20. The van der Waals surface area contributed by atoms with Crippen molar-refractivity contribution in [1.82, 2.24) is 0 Å². The maximum Gasteiger partial charge on any atom is 0.396 e. The van der Waals surface area contributed by atoms with Gasteiger partial charge in [-0.3, -0.25) is 4.79 Å². The second-order valence-electron chi connectivity index (χ2n) is 2.43. The first-order valence-electron chi connectivity index (χ1n) is 3.79. The van der Waals surface area contributed by atoms with Crippen LogP contribution >= 0.6 is 15.9 Å². The van der Waals surface area contributed by atoms with Crippen molar-refractivity contribution in [2.24, 2.45) is 0 Å². The monoisotopic (exact) mass is 257 g/mol. The summed E-state index contributed by atoms with van der Waals surface area (Å²) in [6.07, 6.45) is 0. The van der Waals surface area contributed by atoms with Crippen molar-refractivity contribution in [1.29, 1.82) is 0 Å². The first-order chi connectivity index (χ1) is 6.65. The minimum Gasteiger partial charge on any atom is -0.462 e. The van der Waals surface area contributed by atoms with E-state index in [9.17, 15) is 9.59 Å². The molecule has 5 heteroatoms. The summed E-state index contributed by atoms with van der Waals surface area (Å²) in [6, 6.07) is 6.98. The van der Waals surface area contributed by atoms with Crippen molar-refractivity contribution in [2.75, 3.05) is 12.4 Å². The molecule has 14 heavy (non-hydrogen) atoms. The second-order valence-corrected chi connectivity index (χ2v) is 3.28. The van der Waals surface area contributed by atoms with Crippen molar-refractivity contribution in [3.05, 3.63) is 28.7 Å². The van der Waals surface area contributed by atoms with Gasteiger partial charge in [0.05, 0.1) is 12.8 Å². The van der Waals surface area contributed by atoms with Gasteiger partial charge in [-0.25, -0.2) is 4.79 Å². The Bertz CT molecular complexity index is 365. The summed E-state index contributed by atoms with van der Waals surface area (Å²) in [7, 11) is 1.15. The molecule has 1 amide bonds. The molecule has 0 aromatic heterocycles. The van der Waals surface area contributed by atoms with Crippen molar-refractivity contribution in [2.45, 2.75) is 0 Å². The molecule has 0 unspecified atom stereocenters. The van der Waals surface area contributed by atoms with Crippen molar-refractivity contribution < 1.29 is 14.3 Å². The molecule has 0 aliphatic heterocycles. The number of hydrogen-bond acceptors (Lipinski definition) is 3. The van der Waals surface area contributed by atoms with Gasteiger partial charge in [0, 0.05) is 4.47 Å². The first-order valence-corrected chi connectivity index (χ1v) is 4.58. The van der Waals surface area contributed by atoms with Gasteiger partial charge in [-0.2, -0.15) is 0 Å². The molecular weight excluding hydrogens is 250 g/mol. The number of anilines is 1. The average molecular weight is 258 g/mol. The summed E-state index contributed by atoms with van der Waals surface area (Å²) < 4.78 is 4.96. The van der Waals surface area contributed by atoms with Crippen LogP contribution in [0.15, 0.2) is 28.7 Å². The number of halogens is 1. The Morgan fingerprint density at radius 3 is 2.57 bits per heavy atom. The zero-order chi connectivity index (χ0) is 10.6. The molecule has 0 saturated heterocycles. The SMILES string of the molecule is COC(=O)C(=O)Nc1ccccc1Br. The summed E-state index contributed by atoms with van der Waals surface area (Å²) in [6.45, 7) is 0. The summed E-state index contributed by atoms with van der Waals surface area (Å²) in [5.74, 6) is -1.71. The number of esters is 1. The molecule has 1 aromatic carbocycles. The van der Waals surface area contributed by atoms with Crippen molar-refractivity contribution in [3.8, 4) is 0 Å². The lowest BCUT2D eigenvalue weighted by Gasteiger charge is -2.04. The number of carbonyl (C=O) groups excluding carboxylic acids is 2. The molecule has 0 radical (unpaired) electrons. The Hall–Kier alpha value is -1.36. The predicted molar refractivity (Wildman–Crippen MR) is 54.8 cm³/mol. The van der Waals surface area contributed by atoms with Gasteiger partial charge in [0.2, 0.25) is 0 Å². The molecule has 0 fully saturated rings. The molecule has 74 valence electrons. The number of para-hydroxylation sites is 1. The molecule has 0 aliphatic rings. The molecule has 0 heterocycles. The minimum absolute atomic E-state index is 0.530. The van der Waals surface area contributed by atoms with Gasteiger partial charge in [-0.1, -0.05) is 12.1 Å². The van der Waals surface area contributed by atoms with E-state index in [-0.39, 0.29) is 0 Å². The van der Waals surface area contributed by atoms with Gasteiger partial charge >= 0.3 is 11.9 Å². The zero-order valence-electron chi connectivity index (χ0n) is 7.41. The van der Waals surface area contributed by atoms with Crippen LogP contribution in [0.5, 0.6) is 0 Å². The van der Waals surface area contributed by atoms with Crippen LogP contribution in [0.25, 0.3) is 0 Å². The molecule has 0 bridgehead atoms. The van der Waals surface area contributed by atoms with Gasteiger partial charge in [0.25, 0.3) is 0 Å². The molecule has 4 nitrogen and oxygen atoms in total. The fourth-order valence-corrected chi connectivity index (χ4v) is 1.21. The highest BCUT2D eigenvalue weighted by Gasteiger charge is 2.14. The second kappa shape index (κ2) is 4.76. The Morgan fingerprint density at radius 2 is 2.00 bits per heavy atom. The third-order valence-electron chi connectivity index (χ3n) is 1.49. The largest absolute Gasteiger partial charge is 0.462 e. The van der Waals surface area contributed by atoms with Crippen LogP contribution in [0.4, 0.5) is 5.69 Å².